The van der Waals surface area contributed by atoms with E-state index in [2.05, 4.69) is 5.32 Å². The van der Waals surface area contributed by atoms with Crippen LogP contribution in [0.5, 0.6) is 0 Å². The molecule has 1 aliphatic rings. The predicted octanol–water partition coefficient (Wildman–Crippen LogP) is 2.83. The van der Waals surface area contributed by atoms with Gasteiger partial charge in [-0.2, -0.15) is 0 Å². The van der Waals surface area contributed by atoms with E-state index in [4.69, 9.17) is 28.6 Å². The molecule has 1 N–H and O–H groups in total. The van der Waals surface area contributed by atoms with Gasteiger partial charge >= 0.3 is 0 Å². The molecule has 0 aliphatic carbocycles. The second kappa shape index (κ2) is 7.08. The molecule has 1 aromatic carbocycles. The minimum absolute atomic E-state index is 0.307. The minimum atomic E-state index is 0.307. The Bertz CT molecular complexity index is 418. The zero-order chi connectivity index (χ0) is 13.7. The van der Waals surface area contributed by atoms with Gasteiger partial charge in [0.05, 0.1) is 6.10 Å². The van der Waals surface area contributed by atoms with Crippen LogP contribution in [0, 0.1) is 0 Å². The lowest BCUT2D eigenvalue weighted by molar-refractivity contribution is 0.113. The van der Waals surface area contributed by atoms with Gasteiger partial charge in [0.2, 0.25) is 0 Å². The van der Waals surface area contributed by atoms with Crippen LogP contribution in [0.25, 0.3) is 0 Å². The van der Waals surface area contributed by atoms with E-state index in [-0.39, 0.29) is 0 Å². The summed E-state index contributed by atoms with van der Waals surface area (Å²) in [5, 5.41) is 4.77. The second-order valence-electron chi connectivity index (χ2n) is 4.80. The number of ether oxygens (including phenoxy) is 1. The van der Waals surface area contributed by atoms with Gasteiger partial charge in [-0.25, -0.2) is 0 Å². The van der Waals surface area contributed by atoms with Crippen LogP contribution < -0.4 is 5.32 Å². The number of halogens is 1. The van der Waals surface area contributed by atoms with E-state index in [1.807, 2.05) is 36.2 Å². The number of benzene rings is 1. The fraction of sp³-hybridized carbons (Fsp3) is 0.500. The summed E-state index contributed by atoms with van der Waals surface area (Å²) in [6.45, 7) is 2.44. The molecule has 1 atom stereocenters. The molecule has 19 heavy (non-hydrogen) atoms. The number of nitrogens with zero attached hydrogens (tertiary/aromatic N) is 1. The predicted molar refractivity (Wildman–Crippen MR) is 82.5 cm³/mol. The molecule has 0 unspecified atom stereocenters. The Morgan fingerprint density at radius 2 is 2.21 bits per heavy atom. The summed E-state index contributed by atoms with van der Waals surface area (Å²) in [6.07, 6.45) is 2.58. The number of thiocarbonyl (C=S) groups is 1. The molecule has 0 spiro atoms. The third-order valence-corrected chi connectivity index (χ3v) is 3.89. The topological polar surface area (TPSA) is 24.5 Å². The zero-order valence-electron chi connectivity index (χ0n) is 11.1. The lowest BCUT2D eigenvalue weighted by Crippen LogP contribution is -2.40. The first-order chi connectivity index (χ1) is 9.15. The highest BCUT2D eigenvalue weighted by Crippen LogP contribution is 2.12. The first-order valence-corrected chi connectivity index (χ1v) is 7.29. The van der Waals surface area contributed by atoms with Crippen molar-refractivity contribution >= 4 is 28.9 Å². The van der Waals surface area contributed by atoms with E-state index < -0.39 is 0 Å². The van der Waals surface area contributed by atoms with Crippen LogP contribution in [0.3, 0.4) is 0 Å². The number of nitrogens with one attached hydrogen (secondary N) is 1. The Balaban J connectivity index is 1.76. The third kappa shape index (κ3) is 4.64. The maximum Gasteiger partial charge on any atom is 0.169 e. The highest BCUT2D eigenvalue weighted by Gasteiger charge is 2.16. The second-order valence-corrected chi connectivity index (χ2v) is 5.63. The largest absolute Gasteiger partial charge is 0.376 e. The SMILES string of the molecule is CN(Cc1ccc(Cl)cc1)C(=S)NC[C@H]1CCCO1. The van der Waals surface area contributed by atoms with E-state index in [1.54, 1.807) is 0 Å². The van der Waals surface area contributed by atoms with Crippen molar-refractivity contribution in [1.29, 1.82) is 0 Å². The molecule has 1 heterocycles. The molecular weight excluding hydrogens is 280 g/mol. The van der Waals surface area contributed by atoms with Gasteiger partial charge in [-0.3, -0.25) is 0 Å². The molecule has 104 valence electrons. The summed E-state index contributed by atoms with van der Waals surface area (Å²) in [6, 6.07) is 7.82. The molecule has 0 radical (unpaired) electrons. The highest BCUT2D eigenvalue weighted by molar-refractivity contribution is 7.80. The molecule has 0 amide bonds. The Morgan fingerprint density at radius 3 is 2.84 bits per heavy atom. The highest BCUT2D eigenvalue weighted by atomic mass is 35.5. The lowest BCUT2D eigenvalue weighted by atomic mass is 10.2. The van der Waals surface area contributed by atoms with Crippen LogP contribution in [-0.4, -0.2) is 36.3 Å². The number of hydrogen-bond donors (Lipinski definition) is 1. The molecule has 3 nitrogen and oxygen atoms in total. The van der Waals surface area contributed by atoms with Crippen LogP contribution in [0.1, 0.15) is 18.4 Å². The van der Waals surface area contributed by atoms with E-state index >= 15 is 0 Å². The maximum atomic E-state index is 5.87. The first-order valence-electron chi connectivity index (χ1n) is 6.50. The van der Waals surface area contributed by atoms with Crippen molar-refractivity contribution in [3.05, 3.63) is 34.9 Å². The van der Waals surface area contributed by atoms with Gasteiger partial charge in [-0.15, -0.1) is 0 Å². The van der Waals surface area contributed by atoms with Crippen molar-refractivity contribution in [2.24, 2.45) is 0 Å². The van der Waals surface area contributed by atoms with E-state index in [9.17, 15) is 0 Å². The van der Waals surface area contributed by atoms with Crippen molar-refractivity contribution in [2.75, 3.05) is 20.2 Å². The van der Waals surface area contributed by atoms with Gasteiger partial charge in [0, 0.05) is 31.8 Å². The standard InChI is InChI=1S/C14H19ClN2OS/c1-17(10-11-4-6-12(15)7-5-11)14(19)16-9-13-3-2-8-18-13/h4-7,13H,2-3,8-10H2,1H3,(H,16,19)/t13-/m1/s1. The molecule has 1 aromatic rings. The van der Waals surface area contributed by atoms with E-state index in [0.717, 1.165) is 42.7 Å². The Kier molecular flexibility index (Phi) is 5.43. The molecule has 5 heteroatoms. The number of rotatable bonds is 4. The molecule has 0 saturated carbocycles. The van der Waals surface area contributed by atoms with Crippen LogP contribution in [0.15, 0.2) is 24.3 Å². The average molecular weight is 299 g/mol. The Morgan fingerprint density at radius 1 is 1.47 bits per heavy atom. The Hall–Kier alpha value is -0.840. The van der Waals surface area contributed by atoms with Crippen molar-refractivity contribution in [2.45, 2.75) is 25.5 Å². The lowest BCUT2D eigenvalue weighted by Gasteiger charge is -2.22. The molecule has 1 saturated heterocycles. The van der Waals surface area contributed by atoms with Gasteiger partial charge < -0.3 is 15.0 Å². The molecule has 0 aromatic heterocycles. The molecule has 1 fully saturated rings. The van der Waals surface area contributed by atoms with Gasteiger partial charge in [0.25, 0.3) is 0 Å². The zero-order valence-corrected chi connectivity index (χ0v) is 12.6. The first kappa shape index (κ1) is 14.6. The minimum Gasteiger partial charge on any atom is -0.376 e. The van der Waals surface area contributed by atoms with Gasteiger partial charge in [-0.05, 0) is 42.8 Å². The van der Waals surface area contributed by atoms with Gasteiger partial charge in [0.1, 0.15) is 0 Å². The third-order valence-electron chi connectivity index (χ3n) is 3.18. The van der Waals surface area contributed by atoms with Crippen LogP contribution in [0.2, 0.25) is 5.02 Å². The van der Waals surface area contributed by atoms with Crippen molar-refractivity contribution in [1.82, 2.24) is 10.2 Å². The van der Waals surface area contributed by atoms with Crippen molar-refractivity contribution < 1.29 is 4.74 Å². The maximum absolute atomic E-state index is 5.87. The van der Waals surface area contributed by atoms with Crippen LogP contribution in [0.4, 0.5) is 0 Å². The summed E-state index contributed by atoms with van der Waals surface area (Å²) < 4.78 is 5.56. The fourth-order valence-corrected chi connectivity index (χ4v) is 2.35. The Labute approximate surface area is 124 Å². The summed E-state index contributed by atoms with van der Waals surface area (Å²) >= 11 is 11.2. The summed E-state index contributed by atoms with van der Waals surface area (Å²) in [5.41, 5.74) is 1.19. The monoisotopic (exact) mass is 298 g/mol. The van der Waals surface area contributed by atoms with Gasteiger partial charge in [0.15, 0.2) is 5.11 Å². The smallest absolute Gasteiger partial charge is 0.169 e. The molecule has 0 bridgehead atoms. The molecule has 2 rings (SSSR count). The van der Waals surface area contributed by atoms with E-state index in [0.29, 0.717) is 6.10 Å². The van der Waals surface area contributed by atoms with Crippen LogP contribution >= 0.6 is 23.8 Å². The van der Waals surface area contributed by atoms with E-state index in [1.165, 1.54) is 5.56 Å². The summed E-state index contributed by atoms with van der Waals surface area (Å²) in [5.74, 6) is 0. The summed E-state index contributed by atoms with van der Waals surface area (Å²) in [4.78, 5) is 2.02. The summed E-state index contributed by atoms with van der Waals surface area (Å²) in [7, 11) is 1.99. The number of hydrogen-bond acceptors (Lipinski definition) is 2. The quantitative estimate of drug-likeness (QED) is 0.864. The average Bonchev–Trinajstić information content (AvgIpc) is 2.91. The van der Waals surface area contributed by atoms with Gasteiger partial charge in [-0.1, -0.05) is 23.7 Å². The van der Waals surface area contributed by atoms with Crippen LogP contribution in [-0.2, 0) is 11.3 Å². The van der Waals surface area contributed by atoms with Crippen molar-refractivity contribution in [3.63, 3.8) is 0 Å². The fourth-order valence-electron chi connectivity index (χ4n) is 2.08. The normalized spacial score (nSPS) is 18.3. The van der Waals surface area contributed by atoms with Crippen molar-refractivity contribution in [3.8, 4) is 0 Å². The molecular formula is C14H19ClN2OS. The molecule has 1 aliphatic heterocycles.